The van der Waals surface area contributed by atoms with Gasteiger partial charge >= 0.3 is 0 Å². The molecule has 0 aromatic carbocycles. The molecule has 2 fully saturated rings. The highest BCUT2D eigenvalue weighted by atomic mass is 16.5. The molecular formula is C13H26N2O2. The van der Waals surface area contributed by atoms with Crippen LogP contribution in [0.2, 0.25) is 0 Å². The normalized spacial score (nSPS) is 34.8. The van der Waals surface area contributed by atoms with Crippen LogP contribution in [0.3, 0.4) is 0 Å². The van der Waals surface area contributed by atoms with E-state index in [9.17, 15) is 0 Å². The third-order valence-corrected chi connectivity index (χ3v) is 3.67. The molecule has 0 radical (unpaired) electrons. The first-order chi connectivity index (χ1) is 8.05. The molecular weight excluding hydrogens is 216 g/mol. The van der Waals surface area contributed by atoms with Crippen molar-refractivity contribution >= 4 is 0 Å². The Morgan fingerprint density at radius 2 is 2.18 bits per heavy atom. The van der Waals surface area contributed by atoms with Crippen LogP contribution in [0, 0.1) is 0 Å². The second-order valence-corrected chi connectivity index (χ2v) is 5.96. The zero-order chi connectivity index (χ0) is 12.3. The summed E-state index contributed by atoms with van der Waals surface area (Å²) in [7, 11) is 2.16. The Kier molecular flexibility index (Phi) is 4.42. The third kappa shape index (κ3) is 4.21. The van der Waals surface area contributed by atoms with Crippen LogP contribution in [0.5, 0.6) is 0 Å². The number of nitrogens with zero attached hydrogens (tertiary/aromatic N) is 1. The molecule has 2 saturated heterocycles. The van der Waals surface area contributed by atoms with Crippen molar-refractivity contribution in [3.05, 3.63) is 0 Å². The molecule has 100 valence electrons. The zero-order valence-electron chi connectivity index (χ0n) is 11.4. The zero-order valence-corrected chi connectivity index (χ0v) is 11.4. The van der Waals surface area contributed by atoms with E-state index in [2.05, 4.69) is 31.1 Å². The second-order valence-electron chi connectivity index (χ2n) is 5.96. The van der Waals surface area contributed by atoms with Crippen LogP contribution >= 0.6 is 0 Å². The van der Waals surface area contributed by atoms with Crippen LogP contribution < -0.4 is 5.32 Å². The largest absolute Gasteiger partial charge is 0.375 e. The van der Waals surface area contributed by atoms with Crippen LogP contribution in [0.1, 0.15) is 26.7 Å². The Morgan fingerprint density at radius 3 is 2.88 bits per heavy atom. The Labute approximate surface area is 105 Å². The lowest BCUT2D eigenvalue weighted by atomic mass is 9.94. The monoisotopic (exact) mass is 242 g/mol. The maximum Gasteiger partial charge on any atom is 0.0826 e. The van der Waals surface area contributed by atoms with E-state index >= 15 is 0 Å². The van der Waals surface area contributed by atoms with Gasteiger partial charge in [-0.3, -0.25) is 0 Å². The molecule has 2 aliphatic heterocycles. The van der Waals surface area contributed by atoms with Crippen molar-refractivity contribution in [2.45, 2.75) is 44.4 Å². The van der Waals surface area contributed by atoms with E-state index in [-0.39, 0.29) is 5.60 Å². The van der Waals surface area contributed by atoms with Gasteiger partial charge in [0.1, 0.15) is 0 Å². The molecule has 2 heterocycles. The highest BCUT2D eigenvalue weighted by Gasteiger charge is 2.29. The summed E-state index contributed by atoms with van der Waals surface area (Å²) in [4.78, 5) is 2.34. The van der Waals surface area contributed by atoms with Gasteiger partial charge in [0.15, 0.2) is 0 Å². The van der Waals surface area contributed by atoms with E-state index in [1.165, 1.54) is 0 Å². The molecule has 0 aromatic rings. The number of rotatable bonds is 3. The van der Waals surface area contributed by atoms with E-state index in [1.807, 2.05) is 0 Å². The molecule has 0 aromatic heterocycles. The Bertz CT molecular complexity index is 246. The maximum absolute atomic E-state index is 5.76. The molecule has 0 saturated carbocycles. The molecule has 17 heavy (non-hydrogen) atoms. The molecule has 0 spiro atoms. The maximum atomic E-state index is 5.76. The number of likely N-dealkylation sites (N-methyl/N-ethyl adjacent to an activating group) is 1. The minimum atomic E-state index is 0.0279. The van der Waals surface area contributed by atoms with Gasteiger partial charge in [0.25, 0.3) is 0 Å². The Morgan fingerprint density at radius 1 is 1.35 bits per heavy atom. The van der Waals surface area contributed by atoms with Gasteiger partial charge in [0.2, 0.25) is 0 Å². The summed E-state index contributed by atoms with van der Waals surface area (Å²) in [5.41, 5.74) is 0.0279. The van der Waals surface area contributed by atoms with Crippen LogP contribution in [-0.2, 0) is 9.47 Å². The molecule has 0 aliphatic carbocycles. The van der Waals surface area contributed by atoms with Crippen molar-refractivity contribution in [1.82, 2.24) is 10.2 Å². The van der Waals surface area contributed by atoms with Crippen molar-refractivity contribution in [1.29, 1.82) is 0 Å². The lowest BCUT2D eigenvalue weighted by Gasteiger charge is -2.37. The average molecular weight is 242 g/mol. The van der Waals surface area contributed by atoms with E-state index in [4.69, 9.17) is 9.47 Å². The molecule has 0 bridgehead atoms. The summed E-state index contributed by atoms with van der Waals surface area (Å²) in [6.45, 7) is 9.14. The van der Waals surface area contributed by atoms with E-state index in [0.717, 1.165) is 45.7 Å². The van der Waals surface area contributed by atoms with E-state index in [1.54, 1.807) is 0 Å². The first kappa shape index (κ1) is 13.3. The number of morpholine rings is 1. The van der Waals surface area contributed by atoms with Gasteiger partial charge in [-0.1, -0.05) is 0 Å². The summed E-state index contributed by atoms with van der Waals surface area (Å²) < 4.78 is 11.5. The Balaban J connectivity index is 1.70. The fourth-order valence-corrected chi connectivity index (χ4v) is 2.69. The van der Waals surface area contributed by atoms with Gasteiger partial charge in [0, 0.05) is 32.3 Å². The van der Waals surface area contributed by atoms with Gasteiger partial charge in [-0.25, -0.2) is 0 Å². The smallest absolute Gasteiger partial charge is 0.0826 e. The van der Waals surface area contributed by atoms with Crippen LogP contribution in [0.4, 0.5) is 0 Å². The first-order valence-electron chi connectivity index (χ1n) is 6.73. The predicted molar refractivity (Wildman–Crippen MR) is 68.3 cm³/mol. The summed E-state index contributed by atoms with van der Waals surface area (Å²) in [6, 6.07) is 0.578. The SMILES string of the molecule is CN1CCOC(CNC2CCOC(C)(C)C2)C1. The van der Waals surface area contributed by atoms with Gasteiger partial charge in [-0.2, -0.15) is 0 Å². The number of ether oxygens (including phenoxy) is 2. The standard InChI is InChI=1S/C13H26N2O2/c1-13(2)8-11(4-6-17-13)14-9-12-10-15(3)5-7-16-12/h11-12,14H,4-10H2,1-3H3. The predicted octanol–water partition coefficient (Wildman–Crippen LogP) is 0.864. The summed E-state index contributed by atoms with van der Waals surface area (Å²) >= 11 is 0. The lowest BCUT2D eigenvalue weighted by Crippen LogP contribution is -2.49. The molecule has 0 amide bonds. The summed E-state index contributed by atoms with van der Waals surface area (Å²) in [5.74, 6) is 0. The Hall–Kier alpha value is -0.160. The molecule has 2 aliphatic rings. The third-order valence-electron chi connectivity index (χ3n) is 3.67. The van der Waals surface area contributed by atoms with Crippen molar-refractivity contribution in [2.75, 3.05) is 39.9 Å². The molecule has 4 nitrogen and oxygen atoms in total. The molecule has 2 rings (SSSR count). The molecule has 4 heteroatoms. The second kappa shape index (κ2) is 5.65. The molecule has 2 unspecified atom stereocenters. The van der Waals surface area contributed by atoms with Crippen molar-refractivity contribution in [3.63, 3.8) is 0 Å². The van der Waals surface area contributed by atoms with Crippen molar-refractivity contribution in [2.24, 2.45) is 0 Å². The topological polar surface area (TPSA) is 33.7 Å². The van der Waals surface area contributed by atoms with Gasteiger partial charge in [-0.05, 0) is 33.7 Å². The van der Waals surface area contributed by atoms with E-state index in [0.29, 0.717) is 12.1 Å². The highest BCUT2D eigenvalue weighted by Crippen LogP contribution is 2.23. The number of hydrogen-bond donors (Lipinski definition) is 1. The quantitative estimate of drug-likeness (QED) is 0.796. The van der Waals surface area contributed by atoms with Crippen molar-refractivity contribution < 1.29 is 9.47 Å². The number of nitrogens with one attached hydrogen (secondary N) is 1. The first-order valence-corrected chi connectivity index (χ1v) is 6.73. The minimum Gasteiger partial charge on any atom is -0.375 e. The average Bonchev–Trinajstić information content (AvgIpc) is 2.25. The van der Waals surface area contributed by atoms with Crippen LogP contribution in [0.15, 0.2) is 0 Å². The van der Waals surface area contributed by atoms with Crippen molar-refractivity contribution in [3.8, 4) is 0 Å². The lowest BCUT2D eigenvalue weighted by molar-refractivity contribution is -0.0673. The van der Waals surface area contributed by atoms with Crippen LogP contribution in [-0.4, -0.2) is 62.5 Å². The van der Waals surface area contributed by atoms with Crippen LogP contribution in [0.25, 0.3) is 0 Å². The van der Waals surface area contributed by atoms with Gasteiger partial charge in [-0.15, -0.1) is 0 Å². The summed E-state index contributed by atoms with van der Waals surface area (Å²) in [6.07, 6.45) is 2.56. The fourth-order valence-electron chi connectivity index (χ4n) is 2.69. The number of hydrogen-bond acceptors (Lipinski definition) is 4. The molecule has 2 atom stereocenters. The fraction of sp³-hybridized carbons (Fsp3) is 1.00. The molecule has 1 N–H and O–H groups in total. The highest BCUT2D eigenvalue weighted by molar-refractivity contribution is 4.84. The summed E-state index contributed by atoms with van der Waals surface area (Å²) in [5, 5.41) is 3.64. The minimum absolute atomic E-state index is 0.0279. The van der Waals surface area contributed by atoms with E-state index < -0.39 is 0 Å². The van der Waals surface area contributed by atoms with Gasteiger partial charge < -0.3 is 19.7 Å². The van der Waals surface area contributed by atoms with Gasteiger partial charge in [0.05, 0.1) is 18.3 Å².